The molecule has 5 amide bonds. The fourth-order valence-electron chi connectivity index (χ4n) is 3.26. The average molecular weight is 418 g/mol. The van der Waals surface area contributed by atoms with Crippen LogP contribution in [0.4, 0.5) is 5.69 Å². The molecule has 1 unspecified atom stereocenters. The summed E-state index contributed by atoms with van der Waals surface area (Å²) in [6, 6.07) is 3.88. The van der Waals surface area contributed by atoms with Crippen molar-refractivity contribution >= 4 is 41.7 Å². The maximum Gasteiger partial charge on any atom is 0.290 e. The van der Waals surface area contributed by atoms with Crippen LogP contribution in [-0.4, -0.2) is 65.6 Å². The minimum Gasteiger partial charge on any atom is -0.483 e. The molecule has 1 aromatic rings. The van der Waals surface area contributed by atoms with Crippen LogP contribution in [0.25, 0.3) is 0 Å². The van der Waals surface area contributed by atoms with Crippen LogP contribution in [0.1, 0.15) is 46.4 Å². The Morgan fingerprint density at radius 1 is 1.27 bits per heavy atom. The van der Waals surface area contributed by atoms with Gasteiger partial charge in [-0.15, -0.1) is 0 Å². The number of amides is 5. The van der Waals surface area contributed by atoms with Gasteiger partial charge < -0.3 is 15.7 Å². The van der Waals surface area contributed by atoms with E-state index in [2.05, 4.69) is 16.0 Å². The Kier molecular flexibility index (Phi) is 7.62. The molecular formula is C19H22N4O7. The van der Waals surface area contributed by atoms with E-state index in [1.807, 2.05) is 0 Å². The zero-order valence-corrected chi connectivity index (χ0v) is 16.3. The van der Waals surface area contributed by atoms with E-state index in [0.29, 0.717) is 25.1 Å². The number of carboxylic acid groups (broad SMARTS) is 1. The summed E-state index contributed by atoms with van der Waals surface area (Å²) in [5.41, 5.74) is 0.922. The second-order valence-corrected chi connectivity index (χ2v) is 6.48. The van der Waals surface area contributed by atoms with E-state index in [1.165, 1.54) is 6.07 Å². The Morgan fingerprint density at radius 2 is 1.97 bits per heavy atom. The highest BCUT2D eigenvalue weighted by molar-refractivity contribution is 6.25. The molecule has 0 aliphatic carbocycles. The van der Waals surface area contributed by atoms with Gasteiger partial charge in [-0.3, -0.25) is 39.0 Å². The second kappa shape index (κ2) is 10.1. The first-order chi connectivity index (χ1) is 14.3. The van der Waals surface area contributed by atoms with Gasteiger partial charge in [-0.25, -0.2) is 0 Å². The molecule has 0 aromatic heterocycles. The Bertz CT molecular complexity index is 884. The normalized spacial score (nSPS) is 17.5. The van der Waals surface area contributed by atoms with Crippen molar-refractivity contribution in [1.82, 2.24) is 15.5 Å². The predicted molar refractivity (Wildman–Crippen MR) is 104 cm³/mol. The van der Waals surface area contributed by atoms with Gasteiger partial charge in [0.25, 0.3) is 18.3 Å². The fraction of sp³-hybridized carbons (Fsp3) is 0.368. The number of piperidine rings is 1. The zero-order chi connectivity index (χ0) is 22.3. The minimum atomic E-state index is -0.990. The molecule has 160 valence electrons. The Morgan fingerprint density at radius 3 is 2.60 bits per heavy atom. The molecule has 4 N–H and O–H groups in total. The van der Waals surface area contributed by atoms with Crippen molar-refractivity contribution in [1.29, 1.82) is 0 Å². The molecule has 0 spiro atoms. The third-order valence-electron chi connectivity index (χ3n) is 4.64. The summed E-state index contributed by atoms with van der Waals surface area (Å²) in [5, 5.41) is 14.7. The van der Waals surface area contributed by atoms with E-state index in [4.69, 9.17) is 9.90 Å². The topological polar surface area (TPSA) is 162 Å². The first kappa shape index (κ1) is 22.5. The molecular weight excluding hydrogens is 396 g/mol. The highest BCUT2D eigenvalue weighted by Crippen LogP contribution is 2.32. The van der Waals surface area contributed by atoms with Crippen molar-refractivity contribution in [2.75, 3.05) is 18.9 Å². The second-order valence-electron chi connectivity index (χ2n) is 6.48. The van der Waals surface area contributed by atoms with Crippen molar-refractivity contribution in [2.45, 2.75) is 31.7 Å². The van der Waals surface area contributed by atoms with E-state index in [9.17, 15) is 24.0 Å². The molecule has 0 saturated carbocycles. The number of anilines is 1. The largest absolute Gasteiger partial charge is 0.483 e. The van der Waals surface area contributed by atoms with Crippen LogP contribution < -0.4 is 16.0 Å². The van der Waals surface area contributed by atoms with Crippen molar-refractivity contribution < 1.29 is 33.9 Å². The van der Waals surface area contributed by atoms with Crippen LogP contribution in [0.2, 0.25) is 0 Å². The van der Waals surface area contributed by atoms with E-state index < -0.39 is 29.7 Å². The summed E-state index contributed by atoms with van der Waals surface area (Å²) < 4.78 is 0. The third-order valence-corrected chi connectivity index (χ3v) is 4.64. The van der Waals surface area contributed by atoms with Crippen molar-refractivity contribution in [3.63, 3.8) is 0 Å². The molecule has 1 aromatic carbocycles. The van der Waals surface area contributed by atoms with Gasteiger partial charge in [0, 0.05) is 32.1 Å². The lowest BCUT2D eigenvalue weighted by Crippen LogP contribution is -2.54. The van der Waals surface area contributed by atoms with Crippen LogP contribution in [0, 0.1) is 0 Å². The molecule has 1 saturated heterocycles. The molecule has 11 heteroatoms. The summed E-state index contributed by atoms with van der Waals surface area (Å²) in [6.45, 7) is 0.198. The van der Waals surface area contributed by atoms with E-state index in [1.54, 1.807) is 19.2 Å². The fourth-order valence-corrected chi connectivity index (χ4v) is 3.26. The van der Waals surface area contributed by atoms with Crippen LogP contribution in [-0.2, 0) is 19.2 Å². The lowest BCUT2D eigenvalue weighted by Gasteiger charge is -2.27. The number of rotatable bonds is 6. The highest BCUT2D eigenvalue weighted by atomic mass is 16.3. The average Bonchev–Trinajstić information content (AvgIpc) is 2.97. The number of nitrogens with one attached hydrogen (secondary N) is 3. The number of hydrogen-bond acceptors (Lipinski definition) is 7. The van der Waals surface area contributed by atoms with E-state index in [-0.39, 0.29) is 36.3 Å². The lowest BCUT2D eigenvalue weighted by atomic mass is 10.0. The Hall–Kier alpha value is -3.76. The first-order valence-corrected chi connectivity index (χ1v) is 9.22. The molecule has 2 aliphatic rings. The summed E-state index contributed by atoms with van der Waals surface area (Å²) in [4.78, 5) is 69.6. The van der Waals surface area contributed by atoms with Gasteiger partial charge in [0.15, 0.2) is 0 Å². The first-order valence-electron chi connectivity index (χ1n) is 9.22. The standard InChI is InChI=1S/C18H20N4O5.CH2O2/c1-19-13(23)6-3-9-20-11-5-2-4-10-15(11)18(27)22(17(10)26)12-7-8-14(24)21-16(12)25;2-1-3/h2,4-5,12,20H,3,6-9H2,1H3,(H,19,23)(H,21,24,25);1H,(H,2,3). The molecule has 11 nitrogen and oxygen atoms in total. The number of benzene rings is 1. The molecule has 1 atom stereocenters. The van der Waals surface area contributed by atoms with E-state index in [0.717, 1.165) is 4.90 Å². The Balaban J connectivity index is 0.00000101. The molecule has 2 aliphatic heterocycles. The molecule has 3 rings (SSSR count). The summed E-state index contributed by atoms with van der Waals surface area (Å²) >= 11 is 0. The SMILES string of the molecule is CNC(=O)CCCNc1cccc2c1C(=O)N(C1CCC(=O)NC1=O)C2=O.O=CO. The number of carbonyl (C=O) groups excluding carboxylic acids is 5. The summed E-state index contributed by atoms with van der Waals surface area (Å²) in [7, 11) is 1.56. The lowest BCUT2D eigenvalue weighted by molar-refractivity contribution is -0.136. The van der Waals surface area contributed by atoms with Gasteiger partial charge in [-0.1, -0.05) is 6.07 Å². The van der Waals surface area contributed by atoms with Gasteiger partial charge in [-0.2, -0.15) is 0 Å². The highest BCUT2D eigenvalue weighted by Gasteiger charge is 2.45. The third kappa shape index (κ3) is 4.80. The van der Waals surface area contributed by atoms with Crippen molar-refractivity contribution in [3.8, 4) is 0 Å². The van der Waals surface area contributed by atoms with Crippen LogP contribution in [0.15, 0.2) is 18.2 Å². The van der Waals surface area contributed by atoms with E-state index >= 15 is 0 Å². The minimum absolute atomic E-state index is 0.0778. The summed E-state index contributed by atoms with van der Waals surface area (Å²) in [5.74, 6) is -2.23. The number of imide groups is 2. The summed E-state index contributed by atoms with van der Waals surface area (Å²) in [6.07, 6.45) is 1.09. The van der Waals surface area contributed by atoms with Gasteiger partial charge in [-0.05, 0) is 25.0 Å². The Labute approximate surface area is 171 Å². The van der Waals surface area contributed by atoms with Crippen LogP contribution in [0.5, 0.6) is 0 Å². The monoisotopic (exact) mass is 418 g/mol. The molecule has 1 fully saturated rings. The van der Waals surface area contributed by atoms with Crippen molar-refractivity contribution in [3.05, 3.63) is 29.3 Å². The molecule has 0 bridgehead atoms. The molecule has 30 heavy (non-hydrogen) atoms. The maximum atomic E-state index is 12.9. The van der Waals surface area contributed by atoms with Crippen LogP contribution >= 0.6 is 0 Å². The number of nitrogens with zero attached hydrogens (tertiary/aromatic N) is 1. The molecule has 2 heterocycles. The quantitative estimate of drug-likeness (QED) is 0.279. The molecule has 0 radical (unpaired) electrons. The maximum absolute atomic E-state index is 12.9. The zero-order valence-electron chi connectivity index (χ0n) is 16.3. The van der Waals surface area contributed by atoms with Crippen LogP contribution in [0.3, 0.4) is 0 Å². The number of carbonyl (C=O) groups is 6. The number of hydrogen-bond donors (Lipinski definition) is 4. The smallest absolute Gasteiger partial charge is 0.290 e. The van der Waals surface area contributed by atoms with Crippen molar-refractivity contribution in [2.24, 2.45) is 0 Å². The van der Waals surface area contributed by atoms with Gasteiger partial charge in [0.1, 0.15) is 6.04 Å². The van der Waals surface area contributed by atoms with Gasteiger partial charge in [0.2, 0.25) is 17.7 Å². The predicted octanol–water partition coefficient (Wildman–Crippen LogP) is -0.273. The number of fused-ring (bicyclic) bond motifs is 1. The van der Waals surface area contributed by atoms with Gasteiger partial charge in [0.05, 0.1) is 11.1 Å². The van der Waals surface area contributed by atoms with Gasteiger partial charge >= 0.3 is 0 Å².